The molecule has 1 amide bonds. The Kier molecular flexibility index (Phi) is 6.14. The Balaban J connectivity index is 2.01. The SMILES string of the molecule is CNC(=O)c1c(-c2ccc(F)cc2)oc2cc(N(C)S(C)(=O)=O)c(C#Cc3ccccc3)cc12. The smallest absolute Gasteiger partial charge is 0.255 e. The molecule has 4 aromatic rings. The highest BCUT2D eigenvalue weighted by Crippen LogP contribution is 2.37. The molecule has 0 bridgehead atoms. The molecule has 6 nitrogen and oxygen atoms in total. The standard InChI is InChI=1S/C26H21FN2O4S/c1-28-26(30)24-21-15-19(10-9-17-7-5-4-6-8-17)22(29(2)34(3,31)32)16-23(21)33-25(24)18-11-13-20(27)14-12-18/h4-8,11-16H,1-3H3,(H,28,30). The van der Waals surface area contributed by atoms with Crippen molar-refractivity contribution in [2.75, 3.05) is 24.7 Å². The van der Waals surface area contributed by atoms with Crippen LogP contribution in [0.2, 0.25) is 0 Å². The highest BCUT2D eigenvalue weighted by atomic mass is 32.2. The first-order valence-electron chi connectivity index (χ1n) is 10.3. The molecule has 0 saturated carbocycles. The molecule has 3 aromatic carbocycles. The van der Waals surface area contributed by atoms with Crippen LogP contribution in [0.3, 0.4) is 0 Å². The maximum atomic E-state index is 13.5. The number of furan rings is 1. The van der Waals surface area contributed by atoms with Crippen molar-refractivity contribution in [2.45, 2.75) is 0 Å². The summed E-state index contributed by atoms with van der Waals surface area (Å²) in [6, 6.07) is 18.0. The summed E-state index contributed by atoms with van der Waals surface area (Å²) in [5.41, 5.74) is 2.52. The van der Waals surface area contributed by atoms with Gasteiger partial charge in [0.25, 0.3) is 5.91 Å². The Labute approximate surface area is 197 Å². The summed E-state index contributed by atoms with van der Waals surface area (Å²) in [5.74, 6) is 5.50. The molecule has 172 valence electrons. The van der Waals surface area contributed by atoms with E-state index in [0.717, 1.165) is 16.1 Å². The van der Waals surface area contributed by atoms with Crippen molar-refractivity contribution in [3.8, 4) is 23.2 Å². The molecule has 1 N–H and O–H groups in total. The molecule has 0 spiro atoms. The highest BCUT2D eigenvalue weighted by molar-refractivity contribution is 7.92. The fourth-order valence-corrected chi connectivity index (χ4v) is 4.00. The zero-order chi connectivity index (χ0) is 24.5. The van der Waals surface area contributed by atoms with E-state index in [2.05, 4.69) is 17.2 Å². The normalized spacial score (nSPS) is 11.1. The van der Waals surface area contributed by atoms with Gasteiger partial charge >= 0.3 is 0 Å². The van der Waals surface area contributed by atoms with Gasteiger partial charge in [0.15, 0.2) is 0 Å². The number of hydrogen-bond acceptors (Lipinski definition) is 4. The number of carbonyl (C=O) groups excluding carboxylic acids is 1. The zero-order valence-corrected chi connectivity index (χ0v) is 19.5. The quantitative estimate of drug-likeness (QED) is 0.443. The highest BCUT2D eigenvalue weighted by Gasteiger charge is 2.25. The van der Waals surface area contributed by atoms with Crippen molar-refractivity contribution in [1.82, 2.24) is 5.32 Å². The van der Waals surface area contributed by atoms with E-state index in [1.54, 1.807) is 12.1 Å². The van der Waals surface area contributed by atoms with Crippen LogP contribution in [0.4, 0.5) is 10.1 Å². The fourth-order valence-electron chi connectivity index (χ4n) is 3.49. The molecular formula is C26H21FN2O4S. The van der Waals surface area contributed by atoms with E-state index >= 15 is 0 Å². The minimum atomic E-state index is -3.61. The first-order chi connectivity index (χ1) is 16.2. The number of rotatable bonds is 4. The number of amides is 1. The number of hydrogen-bond donors (Lipinski definition) is 1. The monoisotopic (exact) mass is 476 g/mol. The second-order valence-electron chi connectivity index (χ2n) is 7.60. The predicted molar refractivity (Wildman–Crippen MR) is 131 cm³/mol. The Morgan fingerprint density at radius 2 is 1.71 bits per heavy atom. The van der Waals surface area contributed by atoms with Crippen molar-refractivity contribution in [3.05, 3.63) is 89.2 Å². The van der Waals surface area contributed by atoms with Crippen LogP contribution in [-0.4, -0.2) is 34.7 Å². The number of halogens is 1. The topological polar surface area (TPSA) is 79.6 Å². The minimum Gasteiger partial charge on any atom is -0.455 e. The lowest BCUT2D eigenvalue weighted by Gasteiger charge is -2.18. The number of benzene rings is 3. The van der Waals surface area contributed by atoms with E-state index in [4.69, 9.17) is 4.42 Å². The van der Waals surface area contributed by atoms with Crippen molar-refractivity contribution >= 4 is 32.6 Å². The molecule has 0 radical (unpaired) electrons. The van der Waals surface area contributed by atoms with Crippen LogP contribution < -0.4 is 9.62 Å². The second-order valence-corrected chi connectivity index (χ2v) is 9.62. The van der Waals surface area contributed by atoms with Crippen LogP contribution >= 0.6 is 0 Å². The third-order valence-corrected chi connectivity index (χ3v) is 6.51. The van der Waals surface area contributed by atoms with E-state index in [1.165, 1.54) is 38.4 Å². The third-order valence-electron chi connectivity index (χ3n) is 5.32. The van der Waals surface area contributed by atoms with E-state index in [1.807, 2.05) is 30.3 Å². The largest absolute Gasteiger partial charge is 0.455 e. The van der Waals surface area contributed by atoms with Gasteiger partial charge in [0.1, 0.15) is 17.2 Å². The first kappa shape index (κ1) is 23.1. The van der Waals surface area contributed by atoms with Crippen LogP contribution in [0.15, 0.2) is 71.1 Å². The molecule has 0 saturated heterocycles. The Morgan fingerprint density at radius 1 is 1.03 bits per heavy atom. The number of nitrogens with one attached hydrogen (secondary N) is 1. The maximum absolute atomic E-state index is 13.5. The molecule has 0 aliphatic heterocycles. The average Bonchev–Trinajstić information content (AvgIpc) is 3.20. The van der Waals surface area contributed by atoms with E-state index < -0.39 is 21.7 Å². The van der Waals surface area contributed by atoms with E-state index in [9.17, 15) is 17.6 Å². The molecule has 1 aromatic heterocycles. The number of nitrogens with zero attached hydrogens (tertiary/aromatic N) is 1. The lowest BCUT2D eigenvalue weighted by atomic mass is 10.0. The lowest BCUT2D eigenvalue weighted by Crippen LogP contribution is -2.25. The van der Waals surface area contributed by atoms with Crippen molar-refractivity contribution in [1.29, 1.82) is 0 Å². The van der Waals surface area contributed by atoms with Crippen molar-refractivity contribution in [3.63, 3.8) is 0 Å². The van der Waals surface area contributed by atoms with Crippen LogP contribution in [0.1, 0.15) is 21.5 Å². The van der Waals surface area contributed by atoms with Crippen LogP contribution in [-0.2, 0) is 10.0 Å². The summed E-state index contributed by atoms with van der Waals surface area (Å²) >= 11 is 0. The van der Waals surface area contributed by atoms with Crippen LogP contribution in [0.25, 0.3) is 22.3 Å². The number of anilines is 1. The molecule has 4 rings (SSSR count). The van der Waals surface area contributed by atoms with Gasteiger partial charge < -0.3 is 9.73 Å². The Hall–Kier alpha value is -4.09. The van der Waals surface area contributed by atoms with E-state index in [0.29, 0.717) is 27.8 Å². The molecule has 0 aliphatic carbocycles. The molecule has 0 aliphatic rings. The van der Waals surface area contributed by atoms with E-state index in [-0.39, 0.29) is 11.3 Å². The molecule has 8 heteroatoms. The van der Waals surface area contributed by atoms with Crippen LogP contribution in [0, 0.1) is 17.7 Å². The third kappa shape index (κ3) is 4.51. The van der Waals surface area contributed by atoms with Gasteiger partial charge in [-0.15, -0.1) is 0 Å². The average molecular weight is 477 g/mol. The minimum absolute atomic E-state index is 0.246. The van der Waals surface area contributed by atoms with Gasteiger partial charge in [-0.1, -0.05) is 30.0 Å². The molecular weight excluding hydrogens is 455 g/mol. The summed E-state index contributed by atoms with van der Waals surface area (Å²) in [5, 5.41) is 3.06. The number of fused-ring (bicyclic) bond motifs is 1. The van der Waals surface area contributed by atoms with Gasteiger partial charge in [-0.05, 0) is 42.5 Å². The summed E-state index contributed by atoms with van der Waals surface area (Å²) in [7, 11) is -0.686. The molecule has 1 heterocycles. The first-order valence-corrected chi connectivity index (χ1v) is 12.1. The molecule has 34 heavy (non-hydrogen) atoms. The van der Waals surface area contributed by atoms with Gasteiger partial charge in [0, 0.05) is 36.7 Å². The van der Waals surface area contributed by atoms with Crippen molar-refractivity contribution < 1.29 is 22.0 Å². The maximum Gasteiger partial charge on any atom is 0.255 e. The van der Waals surface area contributed by atoms with Crippen molar-refractivity contribution in [2.24, 2.45) is 0 Å². The lowest BCUT2D eigenvalue weighted by molar-refractivity contribution is 0.0964. The predicted octanol–water partition coefficient (Wildman–Crippen LogP) is 4.39. The summed E-state index contributed by atoms with van der Waals surface area (Å²) < 4.78 is 45.2. The molecule has 0 fully saturated rings. The Morgan fingerprint density at radius 3 is 2.32 bits per heavy atom. The molecule has 0 atom stereocenters. The summed E-state index contributed by atoms with van der Waals surface area (Å²) in [6.45, 7) is 0. The van der Waals surface area contributed by atoms with Gasteiger partial charge in [-0.2, -0.15) is 0 Å². The Bertz CT molecular complexity index is 1550. The summed E-state index contributed by atoms with van der Waals surface area (Å²) in [6.07, 6.45) is 1.09. The second kappa shape index (κ2) is 9.04. The van der Waals surface area contributed by atoms with Gasteiger partial charge in [0.05, 0.1) is 23.1 Å². The summed E-state index contributed by atoms with van der Waals surface area (Å²) in [4.78, 5) is 12.8. The zero-order valence-electron chi connectivity index (χ0n) is 18.7. The number of sulfonamides is 1. The van der Waals surface area contributed by atoms with Crippen LogP contribution in [0.5, 0.6) is 0 Å². The van der Waals surface area contributed by atoms with Gasteiger partial charge in [0.2, 0.25) is 10.0 Å². The fraction of sp³-hybridized carbons (Fsp3) is 0.115. The van der Waals surface area contributed by atoms with Gasteiger partial charge in [-0.3, -0.25) is 9.10 Å². The van der Waals surface area contributed by atoms with Gasteiger partial charge in [-0.25, -0.2) is 12.8 Å². The molecule has 0 unspecified atom stereocenters. The number of carbonyl (C=O) groups is 1.